The molecule has 3 rings (SSSR count). The van der Waals surface area contributed by atoms with E-state index in [1.807, 2.05) is 19.1 Å². The van der Waals surface area contributed by atoms with Gasteiger partial charge in [-0.3, -0.25) is 9.20 Å². The maximum absolute atomic E-state index is 12.2. The minimum absolute atomic E-state index is 0.0584. The highest BCUT2D eigenvalue weighted by Gasteiger charge is 2.14. The average Bonchev–Trinajstić information content (AvgIpc) is 2.59. The lowest BCUT2D eigenvalue weighted by atomic mass is 10.3. The summed E-state index contributed by atoms with van der Waals surface area (Å²) in [5.74, 6) is -0.0954. The van der Waals surface area contributed by atoms with Gasteiger partial charge in [0.15, 0.2) is 5.16 Å². The number of fused-ring (bicyclic) bond motifs is 1. The fraction of sp³-hybridized carbons (Fsp3) is 0.235. The van der Waals surface area contributed by atoms with E-state index in [0.29, 0.717) is 22.3 Å². The van der Waals surface area contributed by atoms with E-state index in [-0.39, 0.29) is 23.5 Å². The van der Waals surface area contributed by atoms with Crippen molar-refractivity contribution >= 4 is 29.2 Å². The van der Waals surface area contributed by atoms with Gasteiger partial charge in [0.1, 0.15) is 17.0 Å². The molecule has 0 bridgehead atoms. The number of pyridine rings is 1. The van der Waals surface area contributed by atoms with Crippen LogP contribution in [0.4, 0.5) is 5.82 Å². The summed E-state index contributed by atoms with van der Waals surface area (Å²) in [6.07, 6.45) is 3.05. The second kappa shape index (κ2) is 7.52. The molecule has 0 unspecified atom stereocenters. The number of aromatic nitrogens is 4. The highest BCUT2D eigenvalue weighted by Crippen LogP contribution is 2.20. The molecule has 8 nitrogen and oxygen atoms in total. The number of esters is 1. The predicted molar refractivity (Wildman–Crippen MR) is 98.2 cm³/mol. The molecule has 2 N–H and O–H groups in total. The lowest BCUT2D eigenvalue weighted by Crippen LogP contribution is -2.15. The summed E-state index contributed by atoms with van der Waals surface area (Å²) < 4.78 is 6.38. The van der Waals surface area contributed by atoms with Crippen LogP contribution < -0.4 is 11.3 Å². The summed E-state index contributed by atoms with van der Waals surface area (Å²) in [6.45, 7) is 3.90. The summed E-state index contributed by atoms with van der Waals surface area (Å²) in [4.78, 5) is 36.6. The molecule has 3 aromatic rings. The Balaban J connectivity index is 1.79. The number of hydrogen-bond acceptors (Lipinski definition) is 8. The van der Waals surface area contributed by atoms with E-state index in [4.69, 9.17) is 10.5 Å². The fourth-order valence-corrected chi connectivity index (χ4v) is 2.99. The van der Waals surface area contributed by atoms with Gasteiger partial charge in [0.2, 0.25) is 0 Å². The van der Waals surface area contributed by atoms with Gasteiger partial charge in [-0.05, 0) is 31.5 Å². The molecule has 3 aromatic heterocycles. The Morgan fingerprint density at radius 1 is 1.35 bits per heavy atom. The van der Waals surface area contributed by atoms with E-state index in [1.165, 1.54) is 28.4 Å². The summed E-state index contributed by atoms with van der Waals surface area (Å²) in [7, 11) is 0. The number of ether oxygens (including phenoxy) is 1. The zero-order chi connectivity index (χ0) is 18.7. The topological polar surface area (TPSA) is 112 Å². The molecule has 0 aliphatic rings. The average molecular weight is 371 g/mol. The number of carbonyl (C=O) groups excluding carboxylic acids is 1. The monoisotopic (exact) mass is 371 g/mol. The van der Waals surface area contributed by atoms with E-state index in [0.717, 1.165) is 5.56 Å². The van der Waals surface area contributed by atoms with E-state index in [2.05, 4.69) is 15.0 Å². The number of anilines is 1. The van der Waals surface area contributed by atoms with E-state index in [1.54, 1.807) is 13.1 Å². The number of nitrogen functional groups attached to an aromatic ring is 1. The maximum atomic E-state index is 12.2. The number of nitrogens with zero attached hydrogens (tertiary/aromatic N) is 4. The maximum Gasteiger partial charge on any atom is 0.343 e. The second-order valence-corrected chi connectivity index (χ2v) is 6.42. The molecule has 0 spiro atoms. The zero-order valence-corrected chi connectivity index (χ0v) is 15.1. The number of carbonyl (C=O) groups is 1. The number of hydrogen-bond donors (Lipinski definition) is 1. The number of rotatable bonds is 5. The molecule has 0 saturated carbocycles. The lowest BCUT2D eigenvalue weighted by Gasteiger charge is -2.06. The van der Waals surface area contributed by atoms with Crippen LogP contribution in [0.5, 0.6) is 0 Å². The molecule has 0 radical (unpaired) electrons. The van der Waals surface area contributed by atoms with Crippen LogP contribution in [0.15, 0.2) is 40.5 Å². The number of thioether (sulfide) groups is 1. The molecule has 0 atom stereocenters. The van der Waals surface area contributed by atoms with Crippen molar-refractivity contribution in [2.75, 3.05) is 12.3 Å². The second-order valence-electron chi connectivity index (χ2n) is 5.48. The Morgan fingerprint density at radius 3 is 2.88 bits per heavy atom. The van der Waals surface area contributed by atoms with Crippen molar-refractivity contribution in [3.63, 3.8) is 0 Å². The minimum atomic E-state index is -0.555. The molecule has 0 aliphatic heterocycles. The first-order valence-electron chi connectivity index (χ1n) is 7.89. The van der Waals surface area contributed by atoms with Gasteiger partial charge in [0, 0.05) is 24.2 Å². The van der Waals surface area contributed by atoms with Crippen molar-refractivity contribution in [2.45, 2.75) is 24.8 Å². The quantitative estimate of drug-likeness (QED) is 0.411. The first-order valence-corrected chi connectivity index (χ1v) is 8.88. The zero-order valence-electron chi connectivity index (χ0n) is 14.3. The number of aryl methyl sites for hydroxylation is 1. The standard InChI is InChI=1S/C17H17N5O3S/c1-3-25-16(24)12-8-19-17(21-15(12)18)26-9-11-7-14(23)22-5-4-10(2)6-13(22)20-11/h4-8H,3,9H2,1-2H3,(H2,18,19,21). The summed E-state index contributed by atoms with van der Waals surface area (Å²) in [5, 5.41) is 0.391. The number of nitrogens with two attached hydrogens (primary N) is 1. The minimum Gasteiger partial charge on any atom is -0.462 e. The lowest BCUT2D eigenvalue weighted by molar-refractivity contribution is 0.0526. The highest BCUT2D eigenvalue weighted by molar-refractivity contribution is 7.98. The molecular formula is C17H17N5O3S. The van der Waals surface area contributed by atoms with Crippen molar-refractivity contribution in [1.29, 1.82) is 0 Å². The van der Waals surface area contributed by atoms with Crippen LogP contribution in [-0.2, 0) is 10.5 Å². The molecule has 0 fully saturated rings. The van der Waals surface area contributed by atoms with Gasteiger partial charge in [0.25, 0.3) is 5.56 Å². The third kappa shape index (κ3) is 3.83. The van der Waals surface area contributed by atoms with Gasteiger partial charge in [-0.2, -0.15) is 0 Å². The van der Waals surface area contributed by atoms with E-state index < -0.39 is 5.97 Å². The molecule has 0 saturated heterocycles. The van der Waals surface area contributed by atoms with Crippen LogP contribution >= 0.6 is 11.8 Å². The van der Waals surface area contributed by atoms with Crippen LogP contribution in [0.25, 0.3) is 5.65 Å². The molecule has 134 valence electrons. The summed E-state index contributed by atoms with van der Waals surface area (Å²) in [5.41, 5.74) is 8.01. The largest absolute Gasteiger partial charge is 0.462 e. The summed E-state index contributed by atoms with van der Waals surface area (Å²) in [6, 6.07) is 5.18. The third-order valence-corrected chi connectivity index (χ3v) is 4.41. The molecule has 26 heavy (non-hydrogen) atoms. The van der Waals surface area contributed by atoms with E-state index >= 15 is 0 Å². The third-order valence-electron chi connectivity index (χ3n) is 3.52. The fourth-order valence-electron chi connectivity index (χ4n) is 2.28. The Labute approximate surface area is 153 Å². The first-order chi connectivity index (χ1) is 12.5. The Hall–Kier alpha value is -2.94. The van der Waals surface area contributed by atoms with Gasteiger partial charge in [-0.25, -0.2) is 19.7 Å². The van der Waals surface area contributed by atoms with Crippen molar-refractivity contribution in [2.24, 2.45) is 0 Å². The predicted octanol–water partition coefficient (Wildman–Crippen LogP) is 1.84. The molecule has 0 aliphatic carbocycles. The van der Waals surface area contributed by atoms with Gasteiger partial charge in [-0.1, -0.05) is 11.8 Å². The molecule has 9 heteroatoms. The Morgan fingerprint density at radius 2 is 2.15 bits per heavy atom. The molecule has 0 amide bonds. The first kappa shape index (κ1) is 17.9. The normalized spacial score (nSPS) is 10.8. The Kier molecular flexibility index (Phi) is 5.17. The molecule has 0 aromatic carbocycles. The molecular weight excluding hydrogens is 354 g/mol. The summed E-state index contributed by atoms with van der Waals surface area (Å²) >= 11 is 1.28. The van der Waals surface area contributed by atoms with Gasteiger partial charge >= 0.3 is 5.97 Å². The van der Waals surface area contributed by atoms with E-state index in [9.17, 15) is 9.59 Å². The van der Waals surface area contributed by atoms with Crippen LogP contribution in [0.1, 0.15) is 28.5 Å². The van der Waals surface area contributed by atoms with Crippen LogP contribution in [0.3, 0.4) is 0 Å². The molecule has 3 heterocycles. The van der Waals surface area contributed by atoms with Crippen LogP contribution in [0, 0.1) is 6.92 Å². The van der Waals surface area contributed by atoms with Gasteiger partial charge in [0.05, 0.1) is 12.3 Å². The van der Waals surface area contributed by atoms with Crippen molar-refractivity contribution in [3.05, 3.63) is 57.8 Å². The van der Waals surface area contributed by atoms with Gasteiger partial charge in [-0.15, -0.1) is 0 Å². The SMILES string of the molecule is CCOC(=O)c1cnc(SCc2cc(=O)n3ccc(C)cc3n2)nc1N. The van der Waals surface area contributed by atoms with Crippen molar-refractivity contribution in [1.82, 2.24) is 19.4 Å². The Bertz CT molecular complexity index is 1030. The highest BCUT2D eigenvalue weighted by atomic mass is 32.2. The van der Waals surface area contributed by atoms with Crippen LogP contribution in [0.2, 0.25) is 0 Å². The van der Waals surface area contributed by atoms with Crippen molar-refractivity contribution < 1.29 is 9.53 Å². The smallest absolute Gasteiger partial charge is 0.343 e. The van der Waals surface area contributed by atoms with Gasteiger partial charge < -0.3 is 10.5 Å². The van der Waals surface area contributed by atoms with Crippen LogP contribution in [-0.4, -0.2) is 31.9 Å². The van der Waals surface area contributed by atoms with Crippen molar-refractivity contribution in [3.8, 4) is 0 Å².